The Bertz CT molecular complexity index is 451. The first kappa shape index (κ1) is 15.1. The number of carbonyl (C=O) groups excluding carboxylic acids is 1. The van der Waals surface area contributed by atoms with Gasteiger partial charge in [0.15, 0.2) is 0 Å². The molecule has 1 rings (SSSR count). The standard InChI is InChI=1S/C13H17BrFNO2/c1-8(16)13(2,7-12(17)18-3)9-4-5-11(15)10(14)6-9/h4-6,8H,7,16H2,1-3H3. The van der Waals surface area contributed by atoms with Crippen LogP contribution in [-0.4, -0.2) is 19.1 Å². The zero-order valence-electron chi connectivity index (χ0n) is 10.7. The van der Waals surface area contributed by atoms with Crippen LogP contribution in [0.15, 0.2) is 22.7 Å². The van der Waals surface area contributed by atoms with E-state index in [9.17, 15) is 9.18 Å². The van der Waals surface area contributed by atoms with Crippen molar-refractivity contribution in [2.75, 3.05) is 7.11 Å². The average Bonchev–Trinajstić information content (AvgIpc) is 2.31. The van der Waals surface area contributed by atoms with E-state index in [1.54, 1.807) is 12.1 Å². The van der Waals surface area contributed by atoms with Crippen LogP contribution in [0.5, 0.6) is 0 Å². The number of benzene rings is 1. The molecule has 1 aromatic carbocycles. The summed E-state index contributed by atoms with van der Waals surface area (Å²) in [5.74, 6) is -0.681. The highest BCUT2D eigenvalue weighted by molar-refractivity contribution is 9.10. The van der Waals surface area contributed by atoms with Gasteiger partial charge in [-0.25, -0.2) is 4.39 Å². The Kier molecular flexibility index (Phi) is 4.87. The van der Waals surface area contributed by atoms with Crippen molar-refractivity contribution in [2.45, 2.75) is 31.7 Å². The van der Waals surface area contributed by atoms with Crippen LogP contribution in [0.4, 0.5) is 4.39 Å². The van der Waals surface area contributed by atoms with Crippen molar-refractivity contribution in [3.8, 4) is 0 Å². The quantitative estimate of drug-likeness (QED) is 0.869. The van der Waals surface area contributed by atoms with Crippen molar-refractivity contribution in [1.82, 2.24) is 0 Å². The number of rotatable bonds is 4. The molecular formula is C13H17BrFNO2. The van der Waals surface area contributed by atoms with E-state index in [0.29, 0.717) is 4.47 Å². The lowest BCUT2D eigenvalue weighted by molar-refractivity contribution is -0.142. The monoisotopic (exact) mass is 317 g/mol. The smallest absolute Gasteiger partial charge is 0.306 e. The van der Waals surface area contributed by atoms with E-state index in [-0.39, 0.29) is 24.2 Å². The maximum atomic E-state index is 13.2. The number of ether oxygens (including phenoxy) is 1. The molecule has 0 aromatic heterocycles. The molecule has 0 amide bonds. The van der Waals surface area contributed by atoms with Gasteiger partial charge in [-0.3, -0.25) is 4.79 Å². The maximum absolute atomic E-state index is 13.2. The molecule has 0 aliphatic carbocycles. The van der Waals surface area contributed by atoms with E-state index in [1.807, 2.05) is 13.8 Å². The van der Waals surface area contributed by atoms with E-state index >= 15 is 0 Å². The Morgan fingerprint density at radius 3 is 2.67 bits per heavy atom. The van der Waals surface area contributed by atoms with Gasteiger partial charge in [-0.1, -0.05) is 13.0 Å². The summed E-state index contributed by atoms with van der Waals surface area (Å²) in [7, 11) is 1.34. The van der Waals surface area contributed by atoms with Crippen LogP contribution >= 0.6 is 15.9 Å². The van der Waals surface area contributed by atoms with Crippen molar-refractivity contribution in [3.63, 3.8) is 0 Å². The summed E-state index contributed by atoms with van der Waals surface area (Å²) in [6, 6.07) is 4.39. The number of nitrogens with two attached hydrogens (primary N) is 1. The second-order valence-electron chi connectivity index (χ2n) is 4.59. The SMILES string of the molecule is COC(=O)CC(C)(c1ccc(F)c(Br)c1)C(C)N. The van der Waals surface area contributed by atoms with Gasteiger partial charge < -0.3 is 10.5 Å². The fourth-order valence-corrected chi connectivity index (χ4v) is 2.13. The lowest BCUT2D eigenvalue weighted by Crippen LogP contribution is -2.42. The fourth-order valence-electron chi connectivity index (χ4n) is 1.75. The lowest BCUT2D eigenvalue weighted by Gasteiger charge is -2.33. The van der Waals surface area contributed by atoms with Crippen LogP contribution in [0.25, 0.3) is 0 Å². The predicted octanol–water partition coefficient (Wildman–Crippen LogP) is 2.76. The normalized spacial score (nSPS) is 15.9. The summed E-state index contributed by atoms with van der Waals surface area (Å²) < 4.78 is 18.3. The molecule has 5 heteroatoms. The number of methoxy groups -OCH3 is 1. The van der Waals surface area contributed by atoms with Gasteiger partial charge in [0.25, 0.3) is 0 Å². The summed E-state index contributed by atoms with van der Waals surface area (Å²) in [4.78, 5) is 11.5. The molecule has 0 bridgehead atoms. The van der Waals surface area contributed by atoms with E-state index in [0.717, 1.165) is 5.56 Å². The molecule has 0 fully saturated rings. The summed E-state index contributed by atoms with van der Waals surface area (Å²) in [6.07, 6.45) is 0.152. The van der Waals surface area contributed by atoms with Crippen LogP contribution in [-0.2, 0) is 14.9 Å². The van der Waals surface area contributed by atoms with E-state index in [4.69, 9.17) is 10.5 Å². The van der Waals surface area contributed by atoms with Crippen molar-refractivity contribution in [3.05, 3.63) is 34.1 Å². The summed E-state index contributed by atoms with van der Waals surface area (Å²) in [5, 5.41) is 0. The molecule has 2 unspecified atom stereocenters. The van der Waals surface area contributed by atoms with E-state index in [1.165, 1.54) is 13.2 Å². The molecule has 2 atom stereocenters. The Balaban J connectivity index is 3.18. The number of hydrogen-bond acceptors (Lipinski definition) is 3. The molecule has 0 saturated carbocycles. The van der Waals surface area contributed by atoms with Crippen molar-refractivity contribution >= 4 is 21.9 Å². The number of carbonyl (C=O) groups is 1. The van der Waals surface area contributed by atoms with Crippen LogP contribution in [0.3, 0.4) is 0 Å². The van der Waals surface area contributed by atoms with Crippen LogP contribution in [0.1, 0.15) is 25.8 Å². The Labute approximate surface area is 115 Å². The van der Waals surface area contributed by atoms with Crippen LogP contribution in [0, 0.1) is 5.82 Å². The zero-order valence-corrected chi connectivity index (χ0v) is 12.3. The number of hydrogen-bond donors (Lipinski definition) is 1. The van der Waals surface area contributed by atoms with Gasteiger partial charge >= 0.3 is 5.97 Å². The Morgan fingerprint density at radius 1 is 1.61 bits per heavy atom. The highest BCUT2D eigenvalue weighted by Gasteiger charge is 2.34. The van der Waals surface area contributed by atoms with E-state index in [2.05, 4.69) is 15.9 Å². The molecule has 0 spiro atoms. The number of halogens is 2. The molecule has 0 aliphatic rings. The number of esters is 1. The summed E-state index contributed by atoms with van der Waals surface area (Å²) >= 11 is 3.14. The van der Waals surface area contributed by atoms with Gasteiger partial charge in [0.1, 0.15) is 5.82 Å². The summed E-state index contributed by atoms with van der Waals surface area (Å²) in [5.41, 5.74) is 6.19. The zero-order chi connectivity index (χ0) is 13.9. The third kappa shape index (κ3) is 3.09. The van der Waals surface area contributed by atoms with Gasteiger partial charge in [0.05, 0.1) is 18.0 Å². The maximum Gasteiger partial charge on any atom is 0.306 e. The van der Waals surface area contributed by atoms with Crippen molar-refractivity contribution < 1.29 is 13.9 Å². The van der Waals surface area contributed by atoms with Gasteiger partial charge in [-0.2, -0.15) is 0 Å². The third-order valence-corrected chi connectivity index (χ3v) is 3.93. The lowest BCUT2D eigenvalue weighted by atomic mass is 9.74. The van der Waals surface area contributed by atoms with Crippen molar-refractivity contribution in [2.24, 2.45) is 5.73 Å². The first-order valence-electron chi connectivity index (χ1n) is 5.59. The van der Waals surface area contributed by atoms with Crippen LogP contribution < -0.4 is 5.73 Å². The Morgan fingerprint density at radius 2 is 2.22 bits per heavy atom. The molecule has 2 N–H and O–H groups in total. The van der Waals surface area contributed by atoms with Gasteiger partial charge in [0, 0.05) is 11.5 Å². The molecule has 3 nitrogen and oxygen atoms in total. The summed E-state index contributed by atoms with van der Waals surface area (Å²) in [6.45, 7) is 3.69. The van der Waals surface area contributed by atoms with Crippen LogP contribution in [0.2, 0.25) is 0 Å². The average molecular weight is 318 g/mol. The van der Waals surface area contributed by atoms with Crippen molar-refractivity contribution in [1.29, 1.82) is 0 Å². The highest BCUT2D eigenvalue weighted by Crippen LogP contribution is 2.33. The third-order valence-electron chi connectivity index (χ3n) is 3.32. The molecule has 0 heterocycles. The van der Waals surface area contributed by atoms with Gasteiger partial charge in [-0.15, -0.1) is 0 Å². The minimum absolute atomic E-state index is 0.152. The molecule has 1 aromatic rings. The first-order chi connectivity index (χ1) is 8.31. The second kappa shape index (κ2) is 5.80. The van der Waals surface area contributed by atoms with Gasteiger partial charge in [0.2, 0.25) is 0 Å². The minimum atomic E-state index is -0.594. The van der Waals surface area contributed by atoms with Gasteiger partial charge in [-0.05, 0) is 40.5 Å². The molecule has 100 valence electrons. The largest absolute Gasteiger partial charge is 0.469 e. The van der Waals surface area contributed by atoms with E-state index < -0.39 is 5.41 Å². The molecular weight excluding hydrogens is 301 g/mol. The molecule has 0 radical (unpaired) electrons. The Hall–Kier alpha value is -0.940. The fraction of sp³-hybridized carbons (Fsp3) is 0.462. The molecule has 0 saturated heterocycles. The molecule has 18 heavy (non-hydrogen) atoms. The first-order valence-corrected chi connectivity index (χ1v) is 6.38. The predicted molar refractivity (Wildman–Crippen MR) is 71.7 cm³/mol. The molecule has 0 aliphatic heterocycles. The minimum Gasteiger partial charge on any atom is -0.469 e. The highest BCUT2D eigenvalue weighted by atomic mass is 79.9. The second-order valence-corrected chi connectivity index (χ2v) is 5.44. The topological polar surface area (TPSA) is 52.3 Å².